The zero-order valence-corrected chi connectivity index (χ0v) is 16.5. The van der Waals surface area contributed by atoms with Crippen LogP contribution in [0.25, 0.3) is 5.69 Å². The number of tetrazole rings is 1. The Morgan fingerprint density at radius 3 is 2.61 bits per heavy atom. The first kappa shape index (κ1) is 19.8. The average molecular weight is 384 g/mol. The van der Waals surface area contributed by atoms with Crippen LogP contribution in [0.5, 0.6) is 11.5 Å². The topological polar surface area (TPSA) is 87.9 Å². The maximum absolute atomic E-state index is 5.94. The molecule has 0 aliphatic rings. The van der Waals surface area contributed by atoms with Crippen molar-refractivity contribution in [2.75, 3.05) is 27.4 Å². The summed E-state index contributed by atoms with van der Waals surface area (Å²) in [5.74, 6) is 1.96. The van der Waals surface area contributed by atoms with E-state index in [1.807, 2.05) is 49.4 Å². The van der Waals surface area contributed by atoms with Gasteiger partial charge in [-0.3, -0.25) is 0 Å². The number of aromatic nitrogens is 4. The van der Waals surface area contributed by atoms with Gasteiger partial charge in [-0.2, -0.15) is 4.68 Å². The van der Waals surface area contributed by atoms with E-state index in [4.69, 9.17) is 14.2 Å². The van der Waals surface area contributed by atoms with Gasteiger partial charge in [-0.25, -0.2) is 0 Å². The molecule has 0 aliphatic heterocycles. The Bertz CT molecular complexity index is 880. The van der Waals surface area contributed by atoms with E-state index >= 15 is 0 Å². The van der Waals surface area contributed by atoms with Crippen molar-refractivity contribution in [3.8, 4) is 17.2 Å². The Hall–Kier alpha value is -2.97. The van der Waals surface area contributed by atoms with Gasteiger partial charge in [-0.15, -0.1) is 5.10 Å². The van der Waals surface area contributed by atoms with E-state index in [0.717, 1.165) is 30.9 Å². The fraction of sp³-hybridized carbons (Fsp3) is 0.350. The SMILES string of the molecule is COCC[NH2+]Cc1ccc(OCc2nnnn2-c2ccc(C)cc2)c(OC)c1. The molecule has 0 saturated heterocycles. The largest absolute Gasteiger partial charge is 0.493 e. The van der Waals surface area contributed by atoms with E-state index in [-0.39, 0.29) is 6.61 Å². The van der Waals surface area contributed by atoms with Crippen LogP contribution in [-0.4, -0.2) is 47.6 Å². The van der Waals surface area contributed by atoms with Crippen LogP contribution in [0.1, 0.15) is 17.0 Å². The standard InChI is InChI=1S/C20H25N5O3/c1-15-4-7-17(8-5-15)25-20(22-23-24-25)14-28-18-9-6-16(12-19(18)27-3)13-21-10-11-26-2/h4-9,12,21H,10-11,13-14H2,1-3H3/p+1. The number of quaternary nitrogens is 1. The van der Waals surface area contributed by atoms with Crippen molar-refractivity contribution in [3.05, 3.63) is 59.4 Å². The van der Waals surface area contributed by atoms with Gasteiger partial charge in [0.05, 0.1) is 25.9 Å². The molecule has 1 aromatic heterocycles. The first-order valence-corrected chi connectivity index (χ1v) is 9.16. The summed E-state index contributed by atoms with van der Waals surface area (Å²) in [4.78, 5) is 0. The van der Waals surface area contributed by atoms with Gasteiger partial charge in [-0.1, -0.05) is 17.7 Å². The minimum absolute atomic E-state index is 0.233. The highest BCUT2D eigenvalue weighted by molar-refractivity contribution is 5.43. The molecule has 0 unspecified atom stereocenters. The van der Waals surface area contributed by atoms with Crippen LogP contribution in [0, 0.1) is 6.92 Å². The predicted molar refractivity (Wildman–Crippen MR) is 104 cm³/mol. The molecule has 8 heteroatoms. The van der Waals surface area contributed by atoms with Crippen LogP contribution >= 0.6 is 0 Å². The molecule has 0 saturated carbocycles. The number of nitrogens with two attached hydrogens (primary N) is 1. The number of ether oxygens (including phenoxy) is 3. The molecule has 0 amide bonds. The maximum Gasteiger partial charge on any atom is 0.194 e. The summed E-state index contributed by atoms with van der Waals surface area (Å²) in [5, 5.41) is 14.1. The third-order valence-electron chi connectivity index (χ3n) is 4.30. The molecule has 0 atom stereocenters. The zero-order chi connectivity index (χ0) is 19.8. The maximum atomic E-state index is 5.94. The van der Waals surface area contributed by atoms with E-state index < -0.39 is 0 Å². The molecule has 0 spiro atoms. The third kappa shape index (κ3) is 5.05. The minimum Gasteiger partial charge on any atom is -0.493 e. The van der Waals surface area contributed by atoms with Gasteiger partial charge in [-0.05, 0) is 47.7 Å². The lowest BCUT2D eigenvalue weighted by atomic mass is 10.2. The molecule has 3 rings (SSSR count). The number of aryl methyl sites for hydroxylation is 1. The summed E-state index contributed by atoms with van der Waals surface area (Å²) in [6.07, 6.45) is 0. The molecule has 148 valence electrons. The summed E-state index contributed by atoms with van der Waals surface area (Å²) in [6, 6.07) is 13.9. The Morgan fingerprint density at radius 2 is 1.86 bits per heavy atom. The highest BCUT2D eigenvalue weighted by atomic mass is 16.5. The van der Waals surface area contributed by atoms with Gasteiger partial charge in [0.1, 0.15) is 6.54 Å². The average Bonchev–Trinajstić information content (AvgIpc) is 3.19. The van der Waals surface area contributed by atoms with Crippen molar-refractivity contribution in [2.24, 2.45) is 0 Å². The number of nitrogens with zero attached hydrogens (tertiary/aromatic N) is 4. The summed E-state index contributed by atoms with van der Waals surface area (Å²) >= 11 is 0. The quantitative estimate of drug-likeness (QED) is 0.530. The summed E-state index contributed by atoms with van der Waals surface area (Å²) in [7, 11) is 3.34. The lowest BCUT2D eigenvalue weighted by Gasteiger charge is -2.12. The van der Waals surface area contributed by atoms with Gasteiger partial charge in [0.2, 0.25) is 0 Å². The van der Waals surface area contributed by atoms with E-state index in [1.54, 1.807) is 18.9 Å². The lowest BCUT2D eigenvalue weighted by Crippen LogP contribution is -2.83. The van der Waals surface area contributed by atoms with Gasteiger partial charge in [0, 0.05) is 12.7 Å². The Morgan fingerprint density at radius 1 is 1.04 bits per heavy atom. The zero-order valence-electron chi connectivity index (χ0n) is 16.5. The first-order chi connectivity index (χ1) is 13.7. The van der Waals surface area contributed by atoms with Crippen molar-refractivity contribution >= 4 is 0 Å². The summed E-state index contributed by atoms with van der Waals surface area (Å²) in [5.41, 5.74) is 3.23. The van der Waals surface area contributed by atoms with E-state index in [9.17, 15) is 0 Å². The molecule has 8 nitrogen and oxygen atoms in total. The third-order valence-corrected chi connectivity index (χ3v) is 4.30. The van der Waals surface area contributed by atoms with Crippen molar-refractivity contribution in [3.63, 3.8) is 0 Å². The number of methoxy groups -OCH3 is 2. The molecule has 28 heavy (non-hydrogen) atoms. The Labute approximate surface area is 164 Å². The van der Waals surface area contributed by atoms with Crippen molar-refractivity contribution in [2.45, 2.75) is 20.1 Å². The number of hydrogen-bond acceptors (Lipinski definition) is 6. The lowest BCUT2D eigenvalue weighted by molar-refractivity contribution is -0.671. The first-order valence-electron chi connectivity index (χ1n) is 9.16. The number of rotatable bonds is 10. The predicted octanol–water partition coefficient (Wildman–Crippen LogP) is 1.27. The molecular weight excluding hydrogens is 358 g/mol. The Balaban J connectivity index is 1.66. The summed E-state index contributed by atoms with van der Waals surface area (Å²) in [6.45, 7) is 4.77. The van der Waals surface area contributed by atoms with Crippen molar-refractivity contribution in [1.29, 1.82) is 0 Å². The van der Waals surface area contributed by atoms with E-state index in [0.29, 0.717) is 17.3 Å². The molecular formula is C20H26N5O3+. The van der Waals surface area contributed by atoms with Crippen molar-refractivity contribution in [1.82, 2.24) is 20.2 Å². The highest BCUT2D eigenvalue weighted by Gasteiger charge is 2.12. The van der Waals surface area contributed by atoms with Crippen LogP contribution in [0.4, 0.5) is 0 Å². The Kier molecular flexibility index (Phi) is 6.94. The van der Waals surface area contributed by atoms with Crippen LogP contribution < -0.4 is 14.8 Å². The van der Waals surface area contributed by atoms with Crippen LogP contribution in [0.15, 0.2) is 42.5 Å². The molecule has 0 fully saturated rings. The van der Waals surface area contributed by atoms with E-state index in [2.05, 4.69) is 20.8 Å². The van der Waals surface area contributed by atoms with Gasteiger partial charge in [0.15, 0.2) is 23.9 Å². The highest BCUT2D eigenvalue weighted by Crippen LogP contribution is 2.28. The smallest absolute Gasteiger partial charge is 0.194 e. The fourth-order valence-electron chi connectivity index (χ4n) is 2.75. The monoisotopic (exact) mass is 384 g/mol. The number of hydrogen-bond donors (Lipinski definition) is 1. The normalized spacial score (nSPS) is 10.8. The summed E-state index contributed by atoms with van der Waals surface area (Å²) < 4.78 is 18.2. The molecule has 3 aromatic rings. The van der Waals surface area contributed by atoms with Crippen LogP contribution in [-0.2, 0) is 17.9 Å². The molecule has 0 aliphatic carbocycles. The van der Waals surface area contributed by atoms with Crippen molar-refractivity contribution < 1.29 is 19.5 Å². The molecule has 0 bridgehead atoms. The second-order valence-electron chi connectivity index (χ2n) is 6.39. The van der Waals surface area contributed by atoms with Crippen LogP contribution in [0.3, 0.4) is 0 Å². The van der Waals surface area contributed by atoms with Crippen LogP contribution in [0.2, 0.25) is 0 Å². The second kappa shape index (κ2) is 9.82. The van der Waals surface area contributed by atoms with Gasteiger partial charge >= 0.3 is 0 Å². The molecule has 1 heterocycles. The molecule has 2 N–H and O–H groups in total. The minimum atomic E-state index is 0.233. The van der Waals surface area contributed by atoms with Gasteiger partial charge < -0.3 is 19.5 Å². The number of benzene rings is 2. The molecule has 0 radical (unpaired) electrons. The van der Waals surface area contributed by atoms with E-state index in [1.165, 1.54) is 5.56 Å². The second-order valence-corrected chi connectivity index (χ2v) is 6.39. The fourth-order valence-corrected chi connectivity index (χ4v) is 2.75. The van der Waals surface area contributed by atoms with Gasteiger partial charge in [0.25, 0.3) is 0 Å². The molecule has 2 aromatic carbocycles.